The minimum Gasteiger partial charge on any atom is -0.323 e. The maximum atomic E-state index is 13.7. The lowest BCUT2D eigenvalue weighted by atomic mass is 9.87. The Balaban J connectivity index is 1.37. The van der Waals surface area contributed by atoms with Gasteiger partial charge in [0.2, 0.25) is 0 Å². The second-order valence-electron chi connectivity index (χ2n) is 15.4. The largest absolute Gasteiger partial charge is 0.352 e. The molecule has 2 atom stereocenters. The first-order chi connectivity index (χ1) is 25.3. The maximum absolute atomic E-state index is 13.7. The van der Waals surface area contributed by atoms with Gasteiger partial charge in [-0.3, -0.25) is 29.3 Å². The molecule has 0 saturated carbocycles. The summed E-state index contributed by atoms with van der Waals surface area (Å²) in [6.45, 7) is 6.36. The van der Waals surface area contributed by atoms with Crippen molar-refractivity contribution in [2.24, 2.45) is 12.0 Å². The summed E-state index contributed by atoms with van der Waals surface area (Å²) in [7, 11) is 3.24. The highest BCUT2D eigenvalue weighted by atomic mass is 16.2. The van der Waals surface area contributed by atoms with Gasteiger partial charge < -0.3 is 4.57 Å². The van der Waals surface area contributed by atoms with Crippen molar-refractivity contribution in [1.82, 2.24) is 29.5 Å². The first kappa shape index (κ1) is 39.8. The molecule has 1 fully saturated rings. The van der Waals surface area contributed by atoms with E-state index in [1.54, 1.807) is 6.07 Å². The Bertz CT molecular complexity index is 1780. The van der Waals surface area contributed by atoms with Crippen LogP contribution >= 0.6 is 0 Å². The van der Waals surface area contributed by atoms with E-state index in [9.17, 15) is 19.2 Å². The number of nitrogens with one attached hydrogen (secondary N) is 1. The molecule has 52 heavy (non-hydrogen) atoms. The van der Waals surface area contributed by atoms with Gasteiger partial charge in [-0.15, -0.1) is 0 Å². The molecule has 5 aliphatic rings. The molecule has 0 bridgehead atoms. The van der Waals surface area contributed by atoms with Crippen LogP contribution in [0.4, 0.5) is 0 Å². The summed E-state index contributed by atoms with van der Waals surface area (Å²) in [4.78, 5) is 64.1. The van der Waals surface area contributed by atoms with Crippen LogP contribution in [0.15, 0.2) is 32.3 Å². The summed E-state index contributed by atoms with van der Waals surface area (Å²) < 4.78 is 2.96. The molecule has 2 unspecified atom stereocenters. The van der Waals surface area contributed by atoms with Crippen molar-refractivity contribution in [1.29, 1.82) is 0 Å². The van der Waals surface area contributed by atoms with Gasteiger partial charge in [0, 0.05) is 32.3 Å². The van der Waals surface area contributed by atoms with Gasteiger partial charge in [0.05, 0.1) is 16.3 Å². The Labute approximate surface area is 309 Å². The molecule has 5 heterocycles. The molecule has 0 aromatic carbocycles. The number of aromatic nitrogens is 3. The normalized spacial score (nSPS) is 18.9. The lowest BCUT2D eigenvalue weighted by Gasteiger charge is -2.44. The topological polar surface area (TPSA) is 122 Å². The zero-order valence-electron chi connectivity index (χ0n) is 32.4. The van der Waals surface area contributed by atoms with Crippen LogP contribution in [-0.2, 0) is 23.2 Å². The predicted molar refractivity (Wildman–Crippen MR) is 206 cm³/mol. The molecule has 1 saturated heterocycles. The molecule has 2 amide bonds. The summed E-state index contributed by atoms with van der Waals surface area (Å²) >= 11 is 0. The van der Waals surface area contributed by atoms with Crippen LogP contribution < -0.4 is 27.4 Å². The number of hydrogen-bond acceptors (Lipinski definition) is 7. The minimum atomic E-state index is -0.754. The molecule has 5 rings (SSSR count). The van der Waals surface area contributed by atoms with E-state index in [-0.39, 0.29) is 17.4 Å². The smallest absolute Gasteiger partial charge is 0.323 e. The molecule has 0 aliphatic carbocycles. The monoisotopic (exact) mass is 717 g/mol. The summed E-state index contributed by atoms with van der Waals surface area (Å²) in [5.41, 5.74) is 3.99. The third-order valence-electron chi connectivity index (χ3n) is 11.3. The highest BCUT2D eigenvalue weighted by molar-refractivity contribution is 5.99. The maximum Gasteiger partial charge on any atom is 0.352 e. The first-order valence-corrected chi connectivity index (χ1v) is 20.5. The number of fused-ring (bicyclic) bond motifs is 4. The standard InChI is InChI=1S/C41H63N7O4/c1-5-7-9-11-13-15-17-19-21-23-25-47-29-30-27-31-35-33(42-38(49)36(31)45(3)34(30)39(50)44-47)28-32-37(43-41(52)46(4)40(32)51)48(35)26-24-22-20-18-16-14-12-10-8-6-2/h27-28,34,36H,5-26,29H2,1-4H3,(H,44,50). The number of rotatable bonds is 22. The molecule has 0 aromatic heterocycles. The predicted octanol–water partition coefficient (Wildman–Crippen LogP) is 5.15. The molecule has 286 valence electrons. The van der Waals surface area contributed by atoms with Gasteiger partial charge in [0.15, 0.2) is 5.82 Å². The highest BCUT2D eigenvalue weighted by Gasteiger charge is 2.45. The van der Waals surface area contributed by atoms with E-state index in [1.165, 1.54) is 103 Å². The Morgan fingerprint density at radius 3 is 1.83 bits per heavy atom. The van der Waals surface area contributed by atoms with Crippen molar-refractivity contribution in [2.45, 2.75) is 161 Å². The molecule has 11 heteroatoms. The van der Waals surface area contributed by atoms with E-state index in [0.29, 0.717) is 29.6 Å². The van der Waals surface area contributed by atoms with E-state index >= 15 is 0 Å². The van der Waals surface area contributed by atoms with Crippen LogP contribution in [0.5, 0.6) is 0 Å². The van der Waals surface area contributed by atoms with Gasteiger partial charge in [-0.2, -0.15) is 4.98 Å². The van der Waals surface area contributed by atoms with Crippen molar-refractivity contribution in [3.63, 3.8) is 0 Å². The van der Waals surface area contributed by atoms with E-state index in [1.807, 2.05) is 27.6 Å². The summed E-state index contributed by atoms with van der Waals surface area (Å²) in [6.07, 6.45) is 26.4. The van der Waals surface area contributed by atoms with Crippen molar-refractivity contribution in [2.75, 3.05) is 20.1 Å². The number of unbranched alkanes of at least 4 members (excludes halogenated alkanes) is 18. The van der Waals surface area contributed by atoms with Crippen molar-refractivity contribution in [3.05, 3.63) is 49.3 Å². The van der Waals surface area contributed by atoms with Gasteiger partial charge in [-0.05, 0) is 31.5 Å². The number of likely N-dealkylation sites (N-methyl/N-ethyl adjacent to an activating group) is 1. The van der Waals surface area contributed by atoms with Gasteiger partial charge in [0.1, 0.15) is 12.1 Å². The Morgan fingerprint density at radius 2 is 1.25 bits per heavy atom. The number of pyridine rings is 1. The zero-order chi connectivity index (χ0) is 37.0. The fourth-order valence-corrected chi connectivity index (χ4v) is 8.29. The summed E-state index contributed by atoms with van der Waals surface area (Å²) in [5.74, 6) is -0.177. The van der Waals surface area contributed by atoms with E-state index < -0.39 is 23.3 Å². The average molecular weight is 718 g/mol. The van der Waals surface area contributed by atoms with Crippen LogP contribution in [0.3, 0.4) is 0 Å². The summed E-state index contributed by atoms with van der Waals surface area (Å²) in [6, 6.07) is 0.286. The van der Waals surface area contributed by atoms with E-state index in [0.717, 1.165) is 54.4 Å². The lowest BCUT2D eigenvalue weighted by Crippen LogP contribution is -2.64. The zero-order valence-corrected chi connectivity index (χ0v) is 32.4. The Morgan fingerprint density at radius 1 is 0.712 bits per heavy atom. The van der Waals surface area contributed by atoms with Crippen LogP contribution in [-0.4, -0.2) is 68.1 Å². The van der Waals surface area contributed by atoms with Gasteiger partial charge in [0.25, 0.3) is 17.4 Å². The van der Waals surface area contributed by atoms with Crippen molar-refractivity contribution in [3.8, 4) is 11.4 Å². The molecule has 0 spiro atoms. The molecule has 0 aromatic rings. The van der Waals surface area contributed by atoms with Crippen LogP contribution in [0.2, 0.25) is 0 Å². The van der Waals surface area contributed by atoms with Gasteiger partial charge in [-0.1, -0.05) is 135 Å². The van der Waals surface area contributed by atoms with Gasteiger partial charge >= 0.3 is 5.69 Å². The molecular weight excluding hydrogens is 654 g/mol. The average Bonchev–Trinajstić information content (AvgIpc) is 3.12. The van der Waals surface area contributed by atoms with Crippen molar-refractivity contribution >= 4 is 17.4 Å². The second-order valence-corrected chi connectivity index (χ2v) is 15.4. The molecular formula is C41H63N7O4. The third-order valence-corrected chi connectivity index (χ3v) is 11.3. The molecule has 1 N–H and O–H groups in total. The number of hydrazine groups is 1. The number of hydrogen-bond donors (Lipinski definition) is 1. The fraction of sp³-hybridized carbons (Fsp3) is 0.707. The highest BCUT2D eigenvalue weighted by Crippen LogP contribution is 2.31. The third kappa shape index (κ3) is 9.56. The van der Waals surface area contributed by atoms with Crippen LogP contribution in [0, 0.1) is 0 Å². The van der Waals surface area contributed by atoms with Crippen LogP contribution in [0.1, 0.15) is 142 Å². The number of carbonyl (C=O) groups excluding carboxylic acids is 2. The quantitative estimate of drug-likeness (QED) is 0.167. The molecule has 11 nitrogen and oxygen atoms in total. The Hall–Kier alpha value is -3.44. The van der Waals surface area contributed by atoms with E-state index in [2.05, 4.69) is 29.2 Å². The van der Waals surface area contributed by atoms with E-state index in [4.69, 9.17) is 0 Å². The SMILES string of the molecule is CCCCCCCCCCCCN1CC2=CC3=c4c(cc5c(=O)n(C)c(=O)nc-5n4CCCCCCCCCCCC)=NC(=O)C3N(C)C2C(=O)N1. The first-order valence-electron chi connectivity index (χ1n) is 20.5. The minimum absolute atomic E-state index is 0.136. The fourth-order valence-electron chi connectivity index (χ4n) is 8.29. The number of nitrogens with zero attached hydrogens (tertiary/aromatic N) is 6. The van der Waals surface area contributed by atoms with Crippen LogP contribution in [0.25, 0.3) is 17.0 Å². The number of carbonyl (C=O) groups is 2. The second kappa shape index (κ2) is 19.6. The molecule has 0 radical (unpaired) electrons. The molecule has 5 aliphatic heterocycles. The summed E-state index contributed by atoms with van der Waals surface area (Å²) in [5, 5.41) is 3.13. The Kier molecular flexibility index (Phi) is 15.0. The van der Waals surface area contributed by atoms with Crippen molar-refractivity contribution < 1.29 is 9.59 Å². The lowest BCUT2D eigenvalue weighted by molar-refractivity contribution is -0.134. The number of amides is 2. The van der Waals surface area contributed by atoms with Gasteiger partial charge in [-0.25, -0.2) is 14.8 Å².